The summed E-state index contributed by atoms with van der Waals surface area (Å²) in [5.74, 6) is -1.31. The lowest BCUT2D eigenvalue weighted by atomic mass is 9.95. The number of carbonyl (C=O) groups excluding carboxylic acids is 1. The summed E-state index contributed by atoms with van der Waals surface area (Å²) in [6.07, 6.45) is -3.88. The molecule has 21 heavy (non-hydrogen) atoms. The second-order valence-electron chi connectivity index (χ2n) is 4.95. The van der Waals surface area contributed by atoms with Gasteiger partial charge in [-0.1, -0.05) is 24.3 Å². The molecule has 5 heteroatoms. The third-order valence-corrected chi connectivity index (χ3v) is 3.66. The van der Waals surface area contributed by atoms with Gasteiger partial charge in [0.05, 0.1) is 5.56 Å². The number of hydrogen-bond donors (Lipinski definition) is 0. The maximum absolute atomic E-state index is 13.3. The van der Waals surface area contributed by atoms with E-state index in [1.54, 1.807) is 18.2 Å². The lowest BCUT2D eigenvalue weighted by Gasteiger charge is -2.12. The number of Topliss-reactive ketones (excluding diaryl/α,β-unsaturated/α-hetero) is 1. The molecule has 1 nitrogen and oxygen atoms in total. The number of fused-ring (bicyclic) bond motifs is 1. The molecule has 1 aliphatic carbocycles. The predicted molar refractivity (Wildman–Crippen MR) is 69.5 cm³/mol. The van der Waals surface area contributed by atoms with Gasteiger partial charge >= 0.3 is 6.18 Å². The second-order valence-corrected chi connectivity index (χ2v) is 4.95. The molecule has 108 valence electrons. The first-order chi connectivity index (χ1) is 9.88. The Balaban J connectivity index is 2.17. The Morgan fingerprint density at radius 3 is 2.38 bits per heavy atom. The Bertz CT molecular complexity index is 732. The Kier molecular flexibility index (Phi) is 3.08. The highest BCUT2D eigenvalue weighted by atomic mass is 19.4. The summed E-state index contributed by atoms with van der Waals surface area (Å²) in [5, 5.41) is 0. The fraction of sp³-hybridized carbons (Fsp3) is 0.188. The summed E-state index contributed by atoms with van der Waals surface area (Å²) in [5.41, 5.74) is 0.827. The first-order valence-electron chi connectivity index (χ1n) is 6.40. The normalized spacial score (nSPS) is 14.4. The molecule has 2 aromatic rings. The first kappa shape index (κ1) is 13.8. The summed E-state index contributed by atoms with van der Waals surface area (Å²) in [7, 11) is 0. The van der Waals surface area contributed by atoms with Crippen LogP contribution in [0.25, 0.3) is 11.1 Å². The van der Waals surface area contributed by atoms with Crippen molar-refractivity contribution in [2.24, 2.45) is 0 Å². The van der Waals surface area contributed by atoms with Crippen molar-refractivity contribution < 1.29 is 22.4 Å². The van der Waals surface area contributed by atoms with Crippen LogP contribution >= 0.6 is 0 Å². The van der Waals surface area contributed by atoms with E-state index in [-0.39, 0.29) is 11.3 Å². The molecule has 0 aromatic heterocycles. The molecule has 0 saturated carbocycles. The quantitative estimate of drug-likeness (QED) is 0.700. The minimum Gasteiger partial charge on any atom is -0.294 e. The van der Waals surface area contributed by atoms with Crippen LogP contribution in [0.4, 0.5) is 17.6 Å². The molecule has 3 rings (SSSR count). The van der Waals surface area contributed by atoms with Crippen molar-refractivity contribution in [1.82, 2.24) is 0 Å². The zero-order chi connectivity index (χ0) is 15.2. The molecule has 0 fully saturated rings. The summed E-state index contributed by atoms with van der Waals surface area (Å²) < 4.78 is 51.7. The molecule has 0 heterocycles. The average molecular weight is 294 g/mol. The molecule has 0 atom stereocenters. The number of hydrogen-bond acceptors (Lipinski definition) is 1. The number of rotatable bonds is 1. The fourth-order valence-electron chi connectivity index (χ4n) is 2.67. The van der Waals surface area contributed by atoms with Crippen molar-refractivity contribution in [2.45, 2.75) is 19.0 Å². The standard InChI is InChI=1S/C16H10F4O/c17-14-6-4-9(8-13(14)16(18,19)20)10-2-1-3-12-11(10)5-7-15(12)21/h1-4,6,8H,5,7H2. The fourth-order valence-corrected chi connectivity index (χ4v) is 2.67. The van der Waals surface area contributed by atoms with Crippen LogP contribution in [0.5, 0.6) is 0 Å². The molecule has 1 aliphatic rings. The number of alkyl halides is 3. The van der Waals surface area contributed by atoms with Crippen LogP contribution in [0.1, 0.15) is 27.9 Å². The molecular weight excluding hydrogens is 284 g/mol. The van der Waals surface area contributed by atoms with Crippen molar-refractivity contribution in [3.8, 4) is 11.1 Å². The van der Waals surface area contributed by atoms with Crippen molar-refractivity contribution in [3.63, 3.8) is 0 Å². The van der Waals surface area contributed by atoms with E-state index in [1.807, 2.05) is 0 Å². The highest BCUT2D eigenvalue weighted by molar-refractivity contribution is 6.02. The number of benzene rings is 2. The summed E-state index contributed by atoms with van der Waals surface area (Å²) >= 11 is 0. The smallest absolute Gasteiger partial charge is 0.294 e. The van der Waals surface area contributed by atoms with E-state index in [9.17, 15) is 22.4 Å². The van der Waals surface area contributed by atoms with E-state index in [0.717, 1.165) is 17.7 Å². The zero-order valence-electron chi connectivity index (χ0n) is 10.8. The van der Waals surface area contributed by atoms with Crippen LogP contribution in [0, 0.1) is 5.82 Å². The molecule has 2 aromatic carbocycles. The highest BCUT2D eigenvalue weighted by Crippen LogP contribution is 2.37. The molecule has 0 bridgehead atoms. The second kappa shape index (κ2) is 4.69. The maximum atomic E-state index is 13.3. The predicted octanol–water partition coefficient (Wildman–Crippen LogP) is 4.64. The lowest BCUT2D eigenvalue weighted by molar-refractivity contribution is -0.139. The Morgan fingerprint density at radius 2 is 1.67 bits per heavy atom. The van der Waals surface area contributed by atoms with Gasteiger partial charge in [0.25, 0.3) is 0 Å². The third-order valence-electron chi connectivity index (χ3n) is 3.66. The summed E-state index contributed by atoms with van der Waals surface area (Å²) in [4.78, 5) is 11.7. The average Bonchev–Trinajstić information content (AvgIpc) is 2.80. The van der Waals surface area contributed by atoms with E-state index in [0.29, 0.717) is 24.0 Å². The van der Waals surface area contributed by atoms with Gasteiger partial charge in [0.2, 0.25) is 0 Å². The van der Waals surface area contributed by atoms with Gasteiger partial charge in [0.15, 0.2) is 5.78 Å². The van der Waals surface area contributed by atoms with E-state index < -0.39 is 17.6 Å². The van der Waals surface area contributed by atoms with Crippen molar-refractivity contribution >= 4 is 5.78 Å². The number of halogens is 4. The van der Waals surface area contributed by atoms with Gasteiger partial charge in [-0.3, -0.25) is 4.79 Å². The van der Waals surface area contributed by atoms with Gasteiger partial charge in [-0.2, -0.15) is 13.2 Å². The molecule has 0 radical (unpaired) electrons. The molecule has 0 saturated heterocycles. The van der Waals surface area contributed by atoms with E-state index in [1.165, 1.54) is 6.07 Å². The third kappa shape index (κ3) is 2.33. The highest BCUT2D eigenvalue weighted by Gasteiger charge is 2.34. The first-order valence-corrected chi connectivity index (χ1v) is 6.40. The monoisotopic (exact) mass is 294 g/mol. The van der Waals surface area contributed by atoms with Gasteiger partial charge in [-0.05, 0) is 35.2 Å². The lowest BCUT2D eigenvalue weighted by Crippen LogP contribution is -2.08. The molecule has 0 aliphatic heterocycles. The zero-order valence-corrected chi connectivity index (χ0v) is 10.8. The maximum Gasteiger partial charge on any atom is 0.419 e. The number of carbonyl (C=O) groups is 1. The van der Waals surface area contributed by atoms with Crippen molar-refractivity contribution in [3.05, 3.63) is 58.9 Å². The Labute approximate surface area is 118 Å². The van der Waals surface area contributed by atoms with Gasteiger partial charge in [-0.25, -0.2) is 4.39 Å². The van der Waals surface area contributed by atoms with Crippen LogP contribution in [-0.4, -0.2) is 5.78 Å². The van der Waals surface area contributed by atoms with E-state index >= 15 is 0 Å². The SMILES string of the molecule is O=C1CCc2c1cccc2-c1ccc(F)c(C(F)(F)F)c1. The van der Waals surface area contributed by atoms with Crippen molar-refractivity contribution in [1.29, 1.82) is 0 Å². The van der Waals surface area contributed by atoms with Crippen LogP contribution in [0.2, 0.25) is 0 Å². The molecule has 0 N–H and O–H groups in total. The van der Waals surface area contributed by atoms with Crippen molar-refractivity contribution in [2.75, 3.05) is 0 Å². The molecule has 0 spiro atoms. The Hall–Kier alpha value is -2.17. The molecule has 0 unspecified atom stereocenters. The van der Waals surface area contributed by atoms with Crippen LogP contribution in [-0.2, 0) is 12.6 Å². The van der Waals surface area contributed by atoms with Gasteiger partial charge in [0, 0.05) is 12.0 Å². The van der Waals surface area contributed by atoms with Crippen LogP contribution in [0.15, 0.2) is 36.4 Å². The number of ketones is 1. The minimum atomic E-state index is -4.74. The summed E-state index contributed by atoms with van der Waals surface area (Å²) in [6, 6.07) is 7.88. The van der Waals surface area contributed by atoms with Crippen LogP contribution < -0.4 is 0 Å². The van der Waals surface area contributed by atoms with Gasteiger partial charge < -0.3 is 0 Å². The minimum absolute atomic E-state index is 0.00925. The Morgan fingerprint density at radius 1 is 0.952 bits per heavy atom. The van der Waals surface area contributed by atoms with Crippen LogP contribution in [0.3, 0.4) is 0 Å². The topological polar surface area (TPSA) is 17.1 Å². The van der Waals surface area contributed by atoms with E-state index in [4.69, 9.17) is 0 Å². The summed E-state index contributed by atoms with van der Waals surface area (Å²) in [6.45, 7) is 0. The van der Waals surface area contributed by atoms with E-state index in [2.05, 4.69) is 0 Å². The largest absolute Gasteiger partial charge is 0.419 e. The van der Waals surface area contributed by atoms with Gasteiger partial charge in [-0.15, -0.1) is 0 Å². The van der Waals surface area contributed by atoms with Gasteiger partial charge in [0.1, 0.15) is 5.82 Å². The molecule has 0 amide bonds. The molecular formula is C16H10F4O.